The molecule has 5 heteroatoms. The van der Waals surface area contributed by atoms with Crippen molar-refractivity contribution in [1.82, 2.24) is 5.32 Å². The van der Waals surface area contributed by atoms with E-state index in [1.165, 1.54) is 0 Å². The third-order valence-electron chi connectivity index (χ3n) is 2.75. The van der Waals surface area contributed by atoms with Crippen molar-refractivity contribution < 1.29 is 14.3 Å². The van der Waals surface area contributed by atoms with Gasteiger partial charge < -0.3 is 20.1 Å². The molecule has 1 rings (SSSR count). The van der Waals surface area contributed by atoms with Crippen LogP contribution in [0.15, 0.2) is 24.3 Å². The van der Waals surface area contributed by atoms with Crippen LogP contribution in [-0.2, 0) is 9.53 Å². The second kappa shape index (κ2) is 7.87. The summed E-state index contributed by atoms with van der Waals surface area (Å²) in [5.74, 6) is 0.539. The van der Waals surface area contributed by atoms with Gasteiger partial charge in [-0.05, 0) is 32.9 Å². The lowest BCUT2D eigenvalue weighted by Gasteiger charge is -2.24. The van der Waals surface area contributed by atoms with Crippen molar-refractivity contribution in [2.75, 3.05) is 32.1 Å². The van der Waals surface area contributed by atoms with Gasteiger partial charge in [-0.2, -0.15) is 0 Å². The number of hydrogen-bond acceptors (Lipinski definition) is 4. The molecule has 0 aliphatic rings. The molecule has 112 valence electrons. The maximum Gasteiger partial charge on any atom is 0.238 e. The highest BCUT2D eigenvalue weighted by Crippen LogP contribution is 2.22. The molecule has 1 aromatic rings. The third-order valence-corrected chi connectivity index (χ3v) is 2.75. The van der Waals surface area contributed by atoms with Gasteiger partial charge in [0, 0.05) is 13.2 Å². The first kappa shape index (κ1) is 16.5. The Hall–Kier alpha value is -1.59. The zero-order valence-electron chi connectivity index (χ0n) is 12.7. The van der Waals surface area contributed by atoms with Crippen LogP contribution in [0.1, 0.15) is 20.8 Å². The van der Waals surface area contributed by atoms with E-state index in [0.29, 0.717) is 24.6 Å². The Bertz CT molecular complexity index is 433. The summed E-state index contributed by atoms with van der Waals surface area (Å²) in [6.45, 7) is 7.43. The van der Waals surface area contributed by atoms with Crippen LogP contribution >= 0.6 is 0 Å². The highest BCUT2D eigenvalue weighted by atomic mass is 16.5. The number of nitrogens with one attached hydrogen (secondary N) is 2. The monoisotopic (exact) mass is 280 g/mol. The van der Waals surface area contributed by atoms with Crippen molar-refractivity contribution in [3.63, 3.8) is 0 Å². The first-order chi connectivity index (χ1) is 9.48. The molecule has 0 saturated carbocycles. The first-order valence-corrected chi connectivity index (χ1v) is 6.76. The van der Waals surface area contributed by atoms with Gasteiger partial charge in [-0.1, -0.05) is 12.1 Å². The number of carbonyl (C=O) groups is 1. The molecule has 0 heterocycles. The summed E-state index contributed by atoms with van der Waals surface area (Å²) in [5, 5.41) is 5.90. The van der Waals surface area contributed by atoms with Crippen LogP contribution in [0.25, 0.3) is 0 Å². The molecule has 0 unspecified atom stereocenters. The molecular weight excluding hydrogens is 256 g/mol. The molecule has 0 saturated heterocycles. The number of benzene rings is 1. The molecule has 0 atom stereocenters. The van der Waals surface area contributed by atoms with Gasteiger partial charge in [0.1, 0.15) is 5.75 Å². The summed E-state index contributed by atoms with van der Waals surface area (Å²) in [4.78, 5) is 11.9. The van der Waals surface area contributed by atoms with Crippen LogP contribution in [-0.4, -0.2) is 38.3 Å². The van der Waals surface area contributed by atoms with E-state index in [1.54, 1.807) is 19.2 Å². The quantitative estimate of drug-likeness (QED) is 0.765. The van der Waals surface area contributed by atoms with E-state index in [4.69, 9.17) is 9.47 Å². The van der Waals surface area contributed by atoms with Gasteiger partial charge in [-0.3, -0.25) is 4.79 Å². The van der Waals surface area contributed by atoms with Crippen LogP contribution in [0.3, 0.4) is 0 Å². The smallest absolute Gasteiger partial charge is 0.238 e. The number of ether oxygens (including phenoxy) is 2. The van der Waals surface area contributed by atoms with Crippen molar-refractivity contribution in [2.45, 2.75) is 26.4 Å². The average Bonchev–Trinajstić information content (AvgIpc) is 2.39. The number of para-hydroxylation sites is 2. The van der Waals surface area contributed by atoms with Gasteiger partial charge in [0.15, 0.2) is 0 Å². The number of anilines is 1. The standard InChI is InChI=1S/C15H24N2O3/c1-5-20-15(2,3)11-16-10-14(18)17-12-8-6-7-9-13(12)19-4/h6-9,16H,5,10-11H2,1-4H3,(H,17,18). The number of hydrogen-bond donors (Lipinski definition) is 2. The van der Waals surface area contributed by atoms with E-state index in [-0.39, 0.29) is 18.1 Å². The number of carbonyl (C=O) groups excluding carboxylic acids is 1. The molecule has 1 amide bonds. The van der Waals surface area contributed by atoms with Crippen LogP contribution in [0.4, 0.5) is 5.69 Å². The van der Waals surface area contributed by atoms with Crippen molar-refractivity contribution in [1.29, 1.82) is 0 Å². The Balaban J connectivity index is 2.41. The number of amides is 1. The fraction of sp³-hybridized carbons (Fsp3) is 0.533. The summed E-state index contributed by atoms with van der Waals surface area (Å²) in [6.07, 6.45) is 0. The van der Waals surface area contributed by atoms with E-state index in [0.717, 1.165) is 0 Å². The molecule has 1 aromatic carbocycles. The minimum atomic E-state index is -0.278. The Morgan fingerprint density at radius 3 is 2.65 bits per heavy atom. The topological polar surface area (TPSA) is 59.6 Å². The molecule has 0 spiro atoms. The average molecular weight is 280 g/mol. The Morgan fingerprint density at radius 1 is 1.30 bits per heavy atom. The van der Waals surface area contributed by atoms with Gasteiger partial charge in [0.2, 0.25) is 5.91 Å². The van der Waals surface area contributed by atoms with Crippen molar-refractivity contribution in [2.24, 2.45) is 0 Å². The second-order valence-corrected chi connectivity index (χ2v) is 5.04. The van der Waals surface area contributed by atoms with Crippen molar-refractivity contribution in [3.8, 4) is 5.75 Å². The summed E-state index contributed by atoms with van der Waals surface area (Å²) < 4.78 is 10.7. The second-order valence-electron chi connectivity index (χ2n) is 5.04. The van der Waals surface area contributed by atoms with Gasteiger partial charge in [0.25, 0.3) is 0 Å². The molecule has 0 aliphatic heterocycles. The normalized spacial score (nSPS) is 11.2. The molecule has 5 nitrogen and oxygen atoms in total. The van der Waals surface area contributed by atoms with Crippen LogP contribution in [0.2, 0.25) is 0 Å². The lowest BCUT2D eigenvalue weighted by atomic mass is 10.1. The minimum absolute atomic E-state index is 0.109. The zero-order chi connectivity index (χ0) is 15.0. The molecule has 0 radical (unpaired) electrons. The predicted molar refractivity (Wildman–Crippen MR) is 80.2 cm³/mol. The molecule has 20 heavy (non-hydrogen) atoms. The Labute approximate surface area is 120 Å². The zero-order valence-corrected chi connectivity index (χ0v) is 12.7. The van der Waals surface area contributed by atoms with Gasteiger partial charge >= 0.3 is 0 Å². The molecule has 0 fully saturated rings. The summed E-state index contributed by atoms with van der Waals surface area (Å²) in [5.41, 5.74) is 0.394. The maximum atomic E-state index is 11.9. The number of methoxy groups -OCH3 is 1. The first-order valence-electron chi connectivity index (χ1n) is 6.76. The van der Waals surface area contributed by atoms with Gasteiger partial charge in [-0.25, -0.2) is 0 Å². The minimum Gasteiger partial charge on any atom is -0.495 e. The van der Waals surface area contributed by atoms with Crippen molar-refractivity contribution >= 4 is 11.6 Å². The maximum absolute atomic E-state index is 11.9. The highest BCUT2D eigenvalue weighted by molar-refractivity contribution is 5.93. The fourth-order valence-electron chi connectivity index (χ4n) is 1.86. The molecule has 0 aliphatic carbocycles. The molecular formula is C15H24N2O3. The molecule has 0 aromatic heterocycles. The number of rotatable bonds is 8. The predicted octanol–water partition coefficient (Wildman–Crippen LogP) is 2.04. The van der Waals surface area contributed by atoms with Gasteiger partial charge in [0.05, 0.1) is 24.9 Å². The lowest BCUT2D eigenvalue weighted by molar-refractivity contribution is -0.115. The summed E-state index contributed by atoms with van der Waals surface area (Å²) in [6, 6.07) is 7.32. The molecule has 0 bridgehead atoms. The highest BCUT2D eigenvalue weighted by Gasteiger charge is 2.17. The Morgan fingerprint density at radius 2 is 2.00 bits per heavy atom. The van der Waals surface area contributed by atoms with Crippen LogP contribution in [0, 0.1) is 0 Å². The lowest BCUT2D eigenvalue weighted by Crippen LogP contribution is -2.40. The summed E-state index contributed by atoms with van der Waals surface area (Å²) in [7, 11) is 1.58. The Kier molecular flexibility index (Phi) is 6.48. The van der Waals surface area contributed by atoms with Crippen LogP contribution < -0.4 is 15.4 Å². The fourth-order valence-corrected chi connectivity index (χ4v) is 1.86. The van der Waals surface area contributed by atoms with E-state index >= 15 is 0 Å². The van der Waals surface area contributed by atoms with E-state index in [2.05, 4.69) is 10.6 Å². The van der Waals surface area contributed by atoms with E-state index < -0.39 is 0 Å². The largest absolute Gasteiger partial charge is 0.495 e. The van der Waals surface area contributed by atoms with Crippen molar-refractivity contribution in [3.05, 3.63) is 24.3 Å². The third kappa shape index (κ3) is 5.59. The molecule has 2 N–H and O–H groups in total. The van der Waals surface area contributed by atoms with Crippen LogP contribution in [0.5, 0.6) is 5.75 Å². The van der Waals surface area contributed by atoms with E-state index in [9.17, 15) is 4.79 Å². The summed E-state index contributed by atoms with van der Waals surface area (Å²) >= 11 is 0. The van der Waals surface area contributed by atoms with Gasteiger partial charge in [-0.15, -0.1) is 0 Å². The SMILES string of the molecule is CCOC(C)(C)CNCC(=O)Nc1ccccc1OC. The van der Waals surface area contributed by atoms with E-state index in [1.807, 2.05) is 32.9 Å².